The summed E-state index contributed by atoms with van der Waals surface area (Å²) in [4.78, 5) is 28.3. The van der Waals surface area contributed by atoms with Gasteiger partial charge in [-0.3, -0.25) is 9.59 Å². The maximum absolute atomic E-state index is 13.1. The third kappa shape index (κ3) is 2.98. The number of nitrogens with one attached hydrogen (secondary N) is 1. The van der Waals surface area contributed by atoms with Gasteiger partial charge in [-0.15, -0.1) is 0 Å². The van der Waals surface area contributed by atoms with Crippen LogP contribution in [0.25, 0.3) is 22.0 Å². The molecule has 28 heavy (non-hydrogen) atoms. The first-order valence-electron chi connectivity index (χ1n) is 9.33. The van der Waals surface area contributed by atoms with Crippen molar-refractivity contribution in [2.45, 2.75) is 6.54 Å². The molecule has 7 nitrogen and oxygen atoms in total. The summed E-state index contributed by atoms with van der Waals surface area (Å²) in [5.41, 5.74) is 8.70. The Hall–Kier alpha value is -3.03. The highest BCUT2D eigenvalue weighted by atomic mass is 16.1. The molecule has 0 bridgehead atoms. The molecule has 1 aromatic heterocycles. The summed E-state index contributed by atoms with van der Waals surface area (Å²) in [6.07, 6.45) is 0. The van der Waals surface area contributed by atoms with Crippen LogP contribution in [0.2, 0.25) is 0 Å². The van der Waals surface area contributed by atoms with Gasteiger partial charge in [-0.2, -0.15) is 5.10 Å². The molecule has 1 aliphatic rings. The van der Waals surface area contributed by atoms with E-state index >= 15 is 0 Å². The zero-order valence-electron chi connectivity index (χ0n) is 16.0. The minimum absolute atomic E-state index is 0.0864. The Balaban J connectivity index is 2.02. The van der Waals surface area contributed by atoms with Crippen molar-refractivity contribution in [3.8, 4) is 11.3 Å². The van der Waals surface area contributed by atoms with Gasteiger partial charge in [0, 0.05) is 47.4 Å². The third-order valence-electron chi connectivity index (χ3n) is 4.96. The van der Waals surface area contributed by atoms with Crippen LogP contribution < -0.4 is 16.6 Å². The number of aromatic nitrogens is 2. The average Bonchev–Trinajstić information content (AvgIpc) is 2.70. The molecule has 0 amide bonds. The fourth-order valence-electron chi connectivity index (χ4n) is 3.59. The molecule has 2 aromatic carbocycles. The van der Waals surface area contributed by atoms with E-state index in [0.717, 1.165) is 5.56 Å². The molecule has 7 heteroatoms. The predicted octanol–water partition coefficient (Wildman–Crippen LogP) is 1.54. The van der Waals surface area contributed by atoms with Gasteiger partial charge in [0.1, 0.15) is 5.69 Å². The lowest BCUT2D eigenvalue weighted by molar-refractivity contribution is 0.104. The first kappa shape index (κ1) is 18.3. The van der Waals surface area contributed by atoms with Crippen LogP contribution in [0.1, 0.15) is 15.9 Å². The third-order valence-corrected chi connectivity index (χ3v) is 4.96. The molecule has 0 saturated carbocycles. The highest BCUT2D eigenvalue weighted by molar-refractivity contribution is 6.25. The SMILES string of the molecule is CN(C)CCn1nc2c3c(cc(NCCN)cc3c1=O)C(=O)c1ccccc1-2. The van der Waals surface area contributed by atoms with Gasteiger partial charge in [0.05, 0.1) is 11.9 Å². The van der Waals surface area contributed by atoms with Gasteiger partial charge in [-0.1, -0.05) is 24.3 Å². The Labute approximate surface area is 162 Å². The second-order valence-electron chi connectivity index (χ2n) is 7.22. The van der Waals surface area contributed by atoms with E-state index in [2.05, 4.69) is 10.4 Å². The zero-order chi connectivity index (χ0) is 19.8. The molecule has 3 aromatic rings. The van der Waals surface area contributed by atoms with Crippen LogP contribution in [-0.4, -0.2) is 54.2 Å². The van der Waals surface area contributed by atoms with E-state index in [1.54, 1.807) is 12.1 Å². The van der Waals surface area contributed by atoms with E-state index in [9.17, 15) is 9.59 Å². The number of ketones is 1. The Kier molecular flexibility index (Phi) is 4.70. The van der Waals surface area contributed by atoms with Gasteiger partial charge in [0.15, 0.2) is 5.78 Å². The molecule has 1 heterocycles. The normalized spacial score (nSPS) is 12.5. The fraction of sp³-hybridized carbons (Fsp3) is 0.286. The summed E-state index contributed by atoms with van der Waals surface area (Å²) in [6, 6.07) is 11.0. The molecule has 0 fully saturated rings. The Morgan fingerprint density at radius 1 is 1.11 bits per heavy atom. The van der Waals surface area contributed by atoms with Crippen LogP contribution in [-0.2, 0) is 6.54 Å². The molecular weight excluding hydrogens is 354 g/mol. The topological polar surface area (TPSA) is 93.2 Å². The standard InChI is InChI=1S/C21H23N5O2/c1-25(2)9-10-26-21(28)17-12-13(23-8-7-22)11-16-18(17)19(24-26)14-5-3-4-6-15(14)20(16)27/h3-6,11-12,23H,7-10,22H2,1-2H3. The smallest absolute Gasteiger partial charge is 0.274 e. The first-order chi connectivity index (χ1) is 13.5. The molecule has 3 N–H and O–H groups in total. The molecule has 0 aliphatic heterocycles. The highest BCUT2D eigenvalue weighted by Crippen LogP contribution is 2.38. The number of anilines is 1. The molecule has 1 aliphatic carbocycles. The van der Waals surface area contributed by atoms with E-state index in [4.69, 9.17) is 5.73 Å². The zero-order valence-corrected chi connectivity index (χ0v) is 16.0. The van der Waals surface area contributed by atoms with Gasteiger partial charge in [-0.05, 0) is 26.2 Å². The average molecular weight is 377 g/mol. The van der Waals surface area contributed by atoms with E-state index in [1.807, 2.05) is 43.3 Å². The van der Waals surface area contributed by atoms with Crippen molar-refractivity contribution < 1.29 is 4.79 Å². The molecule has 0 atom stereocenters. The maximum Gasteiger partial charge on any atom is 0.274 e. The van der Waals surface area contributed by atoms with Gasteiger partial charge in [-0.25, -0.2) is 4.68 Å². The van der Waals surface area contributed by atoms with Gasteiger partial charge >= 0.3 is 0 Å². The minimum Gasteiger partial charge on any atom is -0.384 e. The van der Waals surface area contributed by atoms with Crippen molar-refractivity contribution in [2.24, 2.45) is 5.73 Å². The lowest BCUT2D eigenvalue weighted by Crippen LogP contribution is -2.30. The summed E-state index contributed by atoms with van der Waals surface area (Å²) < 4.78 is 1.50. The van der Waals surface area contributed by atoms with Crippen LogP contribution in [0.3, 0.4) is 0 Å². The summed E-state index contributed by atoms with van der Waals surface area (Å²) in [6.45, 7) is 2.18. The van der Waals surface area contributed by atoms with E-state index in [-0.39, 0.29) is 11.3 Å². The number of hydrogen-bond acceptors (Lipinski definition) is 6. The van der Waals surface area contributed by atoms with Crippen molar-refractivity contribution in [1.82, 2.24) is 14.7 Å². The molecule has 4 rings (SSSR count). The molecule has 0 spiro atoms. The fourth-order valence-corrected chi connectivity index (χ4v) is 3.59. The minimum atomic E-state index is -0.189. The van der Waals surface area contributed by atoms with Crippen molar-refractivity contribution >= 4 is 22.2 Å². The largest absolute Gasteiger partial charge is 0.384 e. The van der Waals surface area contributed by atoms with E-state index in [1.165, 1.54) is 4.68 Å². The Morgan fingerprint density at radius 3 is 2.57 bits per heavy atom. The van der Waals surface area contributed by atoms with Gasteiger partial charge in [0.2, 0.25) is 0 Å². The van der Waals surface area contributed by atoms with Crippen LogP contribution in [0.5, 0.6) is 0 Å². The Morgan fingerprint density at radius 2 is 1.86 bits per heavy atom. The second kappa shape index (κ2) is 7.18. The molecule has 144 valence electrons. The number of fused-ring (bicyclic) bond motifs is 2. The summed E-state index contributed by atoms with van der Waals surface area (Å²) in [5, 5.41) is 8.98. The molecule has 0 saturated heterocycles. The first-order valence-corrected chi connectivity index (χ1v) is 9.33. The number of nitrogens with zero attached hydrogens (tertiary/aromatic N) is 3. The monoisotopic (exact) mass is 377 g/mol. The number of benzene rings is 2. The van der Waals surface area contributed by atoms with E-state index < -0.39 is 0 Å². The molecular formula is C21H23N5O2. The van der Waals surface area contributed by atoms with E-state index in [0.29, 0.717) is 59.5 Å². The number of likely N-dealkylation sites (N-methyl/N-ethyl adjacent to an activating group) is 1. The number of hydrogen-bond donors (Lipinski definition) is 2. The van der Waals surface area contributed by atoms with Crippen LogP contribution >= 0.6 is 0 Å². The Bertz CT molecular complexity index is 1130. The van der Waals surface area contributed by atoms with Crippen LogP contribution in [0, 0.1) is 0 Å². The molecule has 0 unspecified atom stereocenters. The lowest BCUT2D eigenvalue weighted by Gasteiger charge is -2.21. The number of carbonyl (C=O) groups is 1. The molecule has 0 radical (unpaired) electrons. The van der Waals surface area contributed by atoms with Crippen molar-refractivity contribution in [2.75, 3.05) is 39.0 Å². The maximum atomic E-state index is 13.1. The van der Waals surface area contributed by atoms with Gasteiger partial charge < -0.3 is 16.0 Å². The number of nitrogens with two attached hydrogens (primary N) is 1. The predicted molar refractivity (Wildman–Crippen MR) is 111 cm³/mol. The number of carbonyl (C=O) groups excluding carboxylic acids is 1. The van der Waals surface area contributed by atoms with Crippen molar-refractivity contribution in [3.05, 3.63) is 57.9 Å². The summed E-state index contributed by atoms with van der Waals surface area (Å²) >= 11 is 0. The number of rotatable bonds is 6. The van der Waals surface area contributed by atoms with Crippen molar-refractivity contribution in [1.29, 1.82) is 0 Å². The van der Waals surface area contributed by atoms with Crippen LogP contribution in [0.4, 0.5) is 5.69 Å². The van der Waals surface area contributed by atoms with Crippen molar-refractivity contribution in [3.63, 3.8) is 0 Å². The summed E-state index contributed by atoms with van der Waals surface area (Å²) in [7, 11) is 3.91. The quantitative estimate of drug-likeness (QED) is 0.529. The lowest BCUT2D eigenvalue weighted by atomic mass is 9.86. The highest BCUT2D eigenvalue weighted by Gasteiger charge is 2.28. The second-order valence-corrected chi connectivity index (χ2v) is 7.22. The van der Waals surface area contributed by atoms with Gasteiger partial charge in [0.25, 0.3) is 5.56 Å². The van der Waals surface area contributed by atoms with Crippen LogP contribution in [0.15, 0.2) is 41.2 Å². The summed E-state index contributed by atoms with van der Waals surface area (Å²) in [5.74, 6) is -0.0864.